The molecule has 1 saturated carbocycles. The van der Waals surface area contributed by atoms with Crippen molar-refractivity contribution < 1.29 is 14.4 Å². The molecule has 7 heteroatoms. The van der Waals surface area contributed by atoms with E-state index in [0.29, 0.717) is 31.3 Å². The summed E-state index contributed by atoms with van der Waals surface area (Å²) in [5.41, 5.74) is 10.5. The van der Waals surface area contributed by atoms with Gasteiger partial charge in [0, 0.05) is 12.5 Å². The van der Waals surface area contributed by atoms with Crippen LogP contribution in [0.5, 0.6) is 0 Å². The average Bonchev–Trinajstić information content (AvgIpc) is 3.19. The van der Waals surface area contributed by atoms with E-state index in [0.717, 1.165) is 12.8 Å². The van der Waals surface area contributed by atoms with Gasteiger partial charge in [0.2, 0.25) is 17.7 Å². The van der Waals surface area contributed by atoms with Crippen LogP contribution in [-0.2, 0) is 14.4 Å². The van der Waals surface area contributed by atoms with Crippen molar-refractivity contribution in [3.63, 3.8) is 0 Å². The van der Waals surface area contributed by atoms with E-state index in [1.807, 2.05) is 0 Å². The fourth-order valence-electron chi connectivity index (χ4n) is 5.92. The van der Waals surface area contributed by atoms with Gasteiger partial charge in [-0.3, -0.25) is 14.4 Å². The van der Waals surface area contributed by atoms with E-state index in [1.165, 1.54) is 0 Å². The summed E-state index contributed by atoms with van der Waals surface area (Å²) >= 11 is 0. The third kappa shape index (κ3) is 2.32. The van der Waals surface area contributed by atoms with E-state index in [1.54, 1.807) is 0 Å². The van der Waals surface area contributed by atoms with Gasteiger partial charge in [0.1, 0.15) is 5.54 Å². The average molecular weight is 346 g/mol. The summed E-state index contributed by atoms with van der Waals surface area (Å²) < 4.78 is 0. The Morgan fingerprint density at radius 2 is 1.92 bits per heavy atom. The zero-order chi connectivity index (χ0) is 17.8. The fraction of sp³-hybridized carbons (Fsp3) is 0.722. The lowest BCUT2D eigenvalue weighted by molar-refractivity contribution is -0.139. The first-order valence-corrected chi connectivity index (χ1v) is 9.25. The second-order valence-corrected chi connectivity index (χ2v) is 8.06. The largest absolute Gasteiger partial charge is 0.369 e. The van der Waals surface area contributed by atoms with Crippen LogP contribution in [0, 0.1) is 35.5 Å². The molecule has 0 radical (unpaired) electrons. The van der Waals surface area contributed by atoms with Crippen LogP contribution in [0.3, 0.4) is 0 Å². The number of nitrogens with two attached hydrogens (primary N) is 2. The molecule has 0 aromatic carbocycles. The maximum absolute atomic E-state index is 12.7. The van der Waals surface area contributed by atoms with Gasteiger partial charge in [-0.15, -0.1) is 0 Å². The lowest BCUT2D eigenvalue weighted by Gasteiger charge is -2.48. The first kappa shape index (κ1) is 16.6. The van der Waals surface area contributed by atoms with Gasteiger partial charge in [0.15, 0.2) is 0 Å². The molecular formula is C18H26N4O3. The summed E-state index contributed by atoms with van der Waals surface area (Å²) in [6.07, 6.45) is 7.50. The van der Waals surface area contributed by atoms with E-state index >= 15 is 0 Å². The maximum atomic E-state index is 12.7. The minimum atomic E-state index is -1.15. The summed E-state index contributed by atoms with van der Waals surface area (Å²) in [5.74, 6) is -1.23. The first-order chi connectivity index (χ1) is 11.9. The zero-order valence-corrected chi connectivity index (χ0v) is 14.2. The molecular weight excluding hydrogens is 320 g/mol. The predicted octanol–water partition coefficient (Wildman–Crippen LogP) is -0.730. The SMILES string of the molecule is NC(=O)[C@@H](C[C@H]1CCNC1=O)C1(C(N)=O)NCC2C3C=CC(CC3)C21. The van der Waals surface area contributed by atoms with E-state index in [4.69, 9.17) is 11.5 Å². The molecule has 0 aromatic heterocycles. The number of primary amides is 2. The number of nitrogens with one attached hydrogen (secondary N) is 2. The Morgan fingerprint density at radius 1 is 1.20 bits per heavy atom. The summed E-state index contributed by atoms with van der Waals surface area (Å²) in [5, 5.41) is 6.13. The molecule has 3 fully saturated rings. The monoisotopic (exact) mass is 346 g/mol. The second-order valence-electron chi connectivity index (χ2n) is 8.06. The minimum absolute atomic E-state index is 0.0179. The van der Waals surface area contributed by atoms with Crippen LogP contribution in [0.4, 0.5) is 0 Å². The number of carbonyl (C=O) groups is 3. The molecule has 136 valence electrons. The molecule has 3 amide bonds. The number of allylic oxidation sites excluding steroid dienone is 2. The molecule has 6 N–H and O–H groups in total. The van der Waals surface area contributed by atoms with Crippen LogP contribution >= 0.6 is 0 Å². The highest BCUT2D eigenvalue weighted by molar-refractivity contribution is 5.94. The number of rotatable bonds is 5. The van der Waals surface area contributed by atoms with Gasteiger partial charge in [0.25, 0.3) is 0 Å². The lowest BCUT2D eigenvalue weighted by Crippen LogP contribution is -2.66. The third-order valence-corrected chi connectivity index (χ3v) is 7.05. The standard InChI is InChI=1S/C18H26N4O3/c19-15(23)13(7-11-5-6-21-16(11)24)18(17(20)25)14-10-3-1-9(2-4-10)12(14)8-22-18/h1,3,9-14,22H,2,4-8H2,(H2,19,23)(H2,20,25)(H,21,24)/t9?,10?,11-,12?,13-,14?,18?/m1/s1. The molecule has 7 nitrogen and oxygen atoms in total. The molecule has 0 spiro atoms. The zero-order valence-electron chi connectivity index (χ0n) is 14.2. The van der Waals surface area contributed by atoms with Crippen molar-refractivity contribution in [1.29, 1.82) is 0 Å². The van der Waals surface area contributed by atoms with Crippen molar-refractivity contribution >= 4 is 17.7 Å². The van der Waals surface area contributed by atoms with E-state index in [2.05, 4.69) is 22.8 Å². The Hall–Kier alpha value is -1.89. The Kier molecular flexibility index (Phi) is 3.86. The highest BCUT2D eigenvalue weighted by Crippen LogP contribution is 2.54. The smallest absolute Gasteiger partial charge is 0.238 e. The van der Waals surface area contributed by atoms with Crippen molar-refractivity contribution in [3.05, 3.63) is 12.2 Å². The minimum Gasteiger partial charge on any atom is -0.369 e. The Labute approximate surface area is 146 Å². The number of hydrogen-bond donors (Lipinski definition) is 4. The molecule has 5 rings (SSSR count). The summed E-state index contributed by atoms with van der Waals surface area (Å²) in [7, 11) is 0. The topological polar surface area (TPSA) is 127 Å². The molecule has 3 aliphatic carbocycles. The van der Waals surface area contributed by atoms with Crippen molar-refractivity contribution in [2.24, 2.45) is 47.0 Å². The van der Waals surface area contributed by atoms with Crippen molar-refractivity contribution in [2.75, 3.05) is 13.1 Å². The quantitative estimate of drug-likeness (QED) is 0.489. The summed E-state index contributed by atoms with van der Waals surface area (Å²) in [4.78, 5) is 37.1. The van der Waals surface area contributed by atoms with Gasteiger partial charge in [0.05, 0.1) is 5.92 Å². The summed E-state index contributed by atoms with van der Waals surface area (Å²) in [6.45, 7) is 1.27. The third-order valence-electron chi connectivity index (χ3n) is 7.05. The predicted molar refractivity (Wildman–Crippen MR) is 90.7 cm³/mol. The van der Waals surface area contributed by atoms with Crippen LogP contribution in [-0.4, -0.2) is 36.3 Å². The molecule has 5 unspecified atom stereocenters. The van der Waals surface area contributed by atoms with E-state index in [-0.39, 0.29) is 30.1 Å². The highest BCUT2D eigenvalue weighted by atomic mass is 16.2. The molecule has 2 saturated heterocycles. The van der Waals surface area contributed by atoms with Crippen LogP contribution < -0.4 is 22.1 Å². The highest BCUT2D eigenvalue weighted by Gasteiger charge is 2.63. The van der Waals surface area contributed by atoms with Gasteiger partial charge < -0.3 is 22.1 Å². The fourth-order valence-corrected chi connectivity index (χ4v) is 5.92. The van der Waals surface area contributed by atoms with Crippen molar-refractivity contribution in [2.45, 2.75) is 31.2 Å². The van der Waals surface area contributed by atoms with E-state index in [9.17, 15) is 14.4 Å². The Bertz CT molecular complexity index is 648. The number of fused-ring (bicyclic) bond motifs is 1. The normalized spacial score (nSPS) is 42.9. The van der Waals surface area contributed by atoms with Gasteiger partial charge >= 0.3 is 0 Å². The van der Waals surface area contributed by atoms with Crippen LogP contribution in [0.15, 0.2) is 12.2 Å². The van der Waals surface area contributed by atoms with E-state index < -0.39 is 23.3 Å². The van der Waals surface area contributed by atoms with Gasteiger partial charge in [-0.25, -0.2) is 0 Å². The molecule has 7 atom stereocenters. The first-order valence-electron chi connectivity index (χ1n) is 9.25. The molecule has 25 heavy (non-hydrogen) atoms. The summed E-state index contributed by atoms with van der Waals surface area (Å²) in [6, 6.07) is 0. The molecule has 5 aliphatic rings. The van der Waals surface area contributed by atoms with Crippen LogP contribution in [0.2, 0.25) is 0 Å². The number of hydrogen-bond acceptors (Lipinski definition) is 4. The molecule has 2 heterocycles. The molecule has 2 bridgehead atoms. The Balaban J connectivity index is 1.71. The molecule has 2 aliphatic heterocycles. The number of carbonyl (C=O) groups excluding carboxylic acids is 3. The Morgan fingerprint density at radius 3 is 2.48 bits per heavy atom. The number of amides is 3. The van der Waals surface area contributed by atoms with Gasteiger partial charge in [-0.2, -0.15) is 0 Å². The van der Waals surface area contributed by atoms with Gasteiger partial charge in [-0.1, -0.05) is 12.2 Å². The van der Waals surface area contributed by atoms with Crippen molar-refractivity contribution in [1.82, 2.24) is 10.6 Å². The van der Waals surface area contributed by atoms with Crippen LogP contribution in [0.1, 0.15) is 25.7 Å². The van der Waals surface area contributed by atoms with Crippen LogP contribution in [0.25, 0.3) is 0 Å². The maximum Gasteiger partial charge on any atom is 0.238 e. The lowest BCUT2D eigenvalue weighted by atomic mass is 9.55. The molecule has 0 aromatic rings. The van der Waals surface area contributed by atoms with Crippen molar-refractivity contribution in [3.8, 4) is 0 Å². The van der Waals surface area contributed by atoms with Gasteiger partial charge in [-0.05, 0) is 55.9 Å². The second kappa shape index (κ2) is 5.83.